The summed E-state index contributed by atoms with van der Waals surface area (Å²) in [5.41, 5.74) is 1.18. The summed E-state index contributed by atoms with van der Waals surface area (Å²) < 4.78 is 5.78. The number of hydrogen-bond donors (Lipinski definition) is 2. The lowest BCUT2D eigenvalue weighted by Gasteiger charge is -2.24. The third-order valence-corrected chi connectivity index (χ3v) is 4.14. The first kappa shape index (κ1) is 20.9. The molecule has 5 heteroatoms. The smallest absolute Gasteiger partial charge is 0.259 e. The Morgan fingerprint density at radius 1 is 1.04 bits per heavy atom. The number of aliphatic hydroxyl groups excluding tert-OH is 1. The van der Waals surface area contributed by atoms with Gasteiger partial charge in [-0.3, -0.25) is 4.79 Å². The molecular weight excluding hydrogens is 340 g/mol. The SMILES string of the molecule is CCCN(CCC)C[C@H](O)COc1ccccc1C(=O)Nc1ccccc1. The van der Waals surface area contributed by atoms with Gasteiger partial charge in [-0.05, 0) is 50.2 Å². The first-order valence-corrected chi connectivity index (χ1v) is 9.62. The maximum atomic E-state index is 12.6. The average Bonchev–Trinajstić information content (AvgIpc) is 2.68. The van der Waals surface area contributed by atoms with Crippen molar-refractivity contribution in [3.8, 4) is 5.75 Å². The number of nitrogens with one attached hydrogen (secondary N) is 1. The fourth-order valence-electron chi connectivity index (χ4n) is 2.96. The molecule has 0 saturated heterocycles. The number of carbonyl (C=O) groups is 1. The molecular formula is C22H30N2O3. The molecule has 0 saturated carbocycles. The normalized spacial score (nSPS) is 12.0. The Morgan fingerprint density at radius 2 is 1.67 bits per heavy atom. The number of carbonyl (C=O) groups excluding carboxylic acids is 1. The van der Waals surface area contributed by atoms with Gasteiger partial charge in [-0.2, -0.15) is 0 Å². The van der Waals surface area contributed by atoms with Crippen molar-refractivity contribution in [2.24, 2.45) is 0 Å². The van der Waals surface area contributed by atoms with Gasteiger partial charge in [0.15, 0.2) is 0 Å². The maximum absolute atomic E-state index is 12.6. The van der Waals surface area contributed by atoms with Crippen molar-refractivity contribution in [1.29, 1.82) is 0 Å². The van der Waals surface area contributed by atoms with Crippen molar-refractivity contribution in [3.05, 3.63) is 60.2 Å². The van der Waals surface area contributed by atoms with Gasteiger partial charge in [0, 0.05) is 12.2 Å². The minimum absolute atomic E-state index is 0.152. The predicted molar refractivity (Wildman–Crippen MR) is 109 cm³/mol. The molecule has 0 aliphatic carbocycles. The topological polar surface area (TPSA) is 61.8 Å². The van der Waals surface area contributed by atoms with E-state index in [1.165, 1.54) is 0 Å². The Labute approximate surface area is 162 Å². The zero-order valence-electron chi connectivity index (χ0n) is 16.2. The van der Waals surface area contributed by atoms with E-state index < -0.39 is 6.10 Å². The molecule has 0 heterocycles. The number of hydrogen-bond acceptors (Lipinski definition) is 4. The molecule has 2 aromatic carbocycles. The molecule has 0 aliphatic rings. The molecule has 0 bridgehead atoms. The molecule has 0 spiro atoms. The number of amides is 1. The summed E-state index contributed by atoms with van der Waals surface area (Å²) in [6.07, 6.45) is 1.50. The maximum Gasteiger partial charge on any atom is 0.259 e. The highest BCUT2D eigenvalue weighted by Crippen LogP contribution is 2.20. The minimum atomic E-state index is -0.603. The van der Waals surface area contributed by atoms with Crippen LogP contribution in [0.3, 0.4) is 0 Å². The highest BCUT2D eigenvalue weighted by Gasteiger charge is 2.15. The first-order valence-electron chi connectivity index (χ1n) is 9.62. The predicted octanol–water partition coefficient (Wildman–Crippen LogP) is 3.80. The van der Waals surface area contributed by atoms with Gasteiger partial charge < -0.3 is 20.1 Å². The number of anilines is 1. The standard InChI is InChI=1S/C22H30N2O3/c1-3-14-24(15-4-2)16-19(25)17-27-21-13-9-8-12-20(21)22(26)23-18-10-6-5-7-11-18/h5-13,19,25H,3-4,14-17H2,1-2H3,(H,23,26)/t19-/m0/s1. The monoisotopic (exact) mass is 370 g/mol. The Bertz CT molecular complexity index is 685. The van der Waals surface area contributed by atoms with E-state index >= 15 is 0 Å². The van der Waals surface area contributed by atoms with Crippen molar-refractivity contribution < 1.29 is 14.6 Å². The zero-order valence-corrected chi connectivity index (χ0v) is 16.2. The molecule has 1 atom stereocenters. The quantitative estimate of drug-likeness (QED) is 0.632. The second-order valence-corrected chi connectivity index (χ2v) is 6.58. The molecule has 0 aliphatic heterocycles. The lowest BCUT2D eigenvalue weighted by Crippen LogP contribution is -2.36. The van der Waals surface area contributed by atoms with E-state index in [4.69, 9.17) is 4.74 Å². The van der Waals surface area contributed by atoms with Crippen LogP contribution in [0, 0.1) is 0 Å². The lowest BCUT2D eigenvalue weighted by atomic mass is 10.2. The largest absolute Gasteiger partial charge is 0.490 e. The van der Waals surface area contributed by atoms with Gasteiger partial charge in [-0.15, -0.1) is 0 Å². The van der Waals surface area contributed by atoms with Gasteiger partial charge in [0.1, 0.15) is 18.5 Å². The molecule has 1 amide bonds. The van der Waals surface area contributed by atoms with E-state index in [1.54, 1.807) is 18.2 Å². The number of para-hydroxylation sites is 2. The van der Waals surface area contributed by atoms with Crippen LogP contribution in [0.5, 0.6) is 5.75 Å². The van der Waals surface area contributed by atoms with Gasteiger partial charge in [0.2, 0.25) is 0 Å². The van der Waals surface area contributed by atoms with Crippen LogP contribution in [-0.2, 0) is 0 Å². The van der Waals surface area contributed by atoms with Gasteiger partial charge in [-0.25, -0.2) is 0 Å². The molecule has 0 aromatic heterocycles. The number of ether oxygens (including phenoxy) is 1. The van der Waals surface area contributed by atoms with Crippen LogP contribution in [0.15, 0.2) is 54.6 Å². The number of rotatable bonds is 11. The van der Waals surface area contributed by atoms with Gasteiger partial charge >= 0.3 is 0 Å². The van der Waals surface area contributed by atoms with Crippen molar-refractivity contribution in [2.45, 2.75) is 32.8 Å². The van der Waals surface area contributed by atoms with E-state index in [0.717, 1.165) is 31.6 Å². The summed E-state index contributed by atoms with van der Waals surface area (Å²) in [6, 6.07) is 16.4. The Morgan fingerprint density at radius 3 is 2.33 bits per heavy atom. The molecule has 0 radical (unpaired) electrons. The van der Waals surface area contributed by atoms with E-state index in [9.17, 15) is 9.90 Å². The molecule has 2 rings (SSSR count). The van der Waals surface area contributed by atoms with Crippen LogP contribution < -0.4 is 10.1 Å². The summed E-state index contributed by atoms with van der Waals surface area (Å²) >= 11 is 0. The van der Waals surface area contributed by atoms with Gasteiger partial charge in [0.05, 0.1) is 5.56 Å². The second kappa shape index (κ2) is 11.4. The van der Waals surface area contributed by atoms with Crippen LogP contribution in [0.2, 0.25) is 0 Å². The number of nitrogens with zero attached hydrogens (tertiary/aromatic N) is 1. The Hall–Kier alpha value is -2.37. The minimum Gasteiger partial charge on any atom is -0.490 e. The summed E-state index contributed by atoms with van der Waals surface area (Å²) in [4.78, 5) is 14.8. The highest BCUT2D eigenvalue weighted by atomic mass is 16.5. The van der Waals surface area contributed by atoms with E-state index in [1.807, 2.05) is 36.4 Å². The average molecular weight is 370 g/mol. The number of benzene rings is 2. The van der Waals surface area contributed by atoms with Gasteiger partial charge in [-0.1, -0.05) is 44.2 Å². The van der Waals surface area contributed by atoms with Crippen molar-refractivity contribution in [1.82, 2.24) is 4.90 Å². The van der Waals surface area contributed by atoms with Crippen molar-refractivity contribution in [2.75, 3.05) is 31.6 Å². The Kier molecular flexibility index (Phi) is 8.81. The van der Waals surface area contributed by atoms with E-state index in [-0.39, 0.29) is 12.5 Å². The molecule has 2 N–H and O–H groups in total. The summed E-state index contributed by atoms with van der Waals surface area (Å²) in [7, 11) is 0. The molecule has 0 unspecified atom stereocenters. The fourth-order valence-corrected chi connectivity index (χ4v) is 2.96. The first-order chi connectivity index (χ1) is 13.1. The van der Waals surface area contributed by atoms with Crippen LogP contribution in [0.25, 0.3) is 0 Å². The van der Waals surface area contributed by atoms with Crippen molar-refractivity contribution in [3.63, 3.8) is 0 Å². The fraction of sp³-hybridized carbons (Fsp3) is 0.409. The van der Waals surface area contributed by atoms with Crippen LogP contribution in [0.4, 0.5) is 5.69 Å². The molecule has 2 aromatic rings. The number of aliphatic hydroxyl groups is 1. The van der Waals surface area contributed by atoms with Crippen LogP contribution in [-0.4, -0.2) is 48.3 Å². The van der Waals surface area contributed by atoms with E-state index in [0.29, 0.717) is 17.9 Å². The summed E-state index contributed by atoms with van der Waals surface area (Å²) in [5.74, 6) is 0.243. The summed E-state index contributed by atoms with van der Waals surface area (Å²) in [5, 5.41) is 13.2. The van der Waals surface area contributed by atoms with Gasteiger partial charge in [0.25, 0.3) is 5.91 Å². The zero-order chi connectivity index (χ0) is 19.5. The highest BCUT2D eigenvalue weighted by molar-refractivity contribution is 6.06. The summed E-state index contributed by atoms with van der Waals surface area (Å²) in [6.45, 7) is 6.90. The third-order valence-electron chi connectivity index (χ3n) is 4.14. The molecule has 146 valence electrons. The molecule has 0 fully saturated rings. The Balaban J connectivity index is 1.95. The van der Waals surface area contributed by atoms with Crippen LogP contribution >= 0.6 is 0 Å². The second-order valence-electron chi connectivity index (χ2n) is 6.58. The third kappa shape index (κ3) is 7.04. The van der Waals surface area contributed by atoms with Crippen molar-refractivity contribution >= 4 is 11.6 Å². The van der Waals surface area contributed by atoms with Crippen LogP contribution in [0.1, 0.15) is 37.0 Å². The molecule has 5 nitrogen and oxygen atoms in total. The lowest BCUT2D eigenvalue weighted by molar-refractivity contribution is 0.0674. The molecule has 27 heavy (non-hydrogen) atoms. The van der Waals surface area contributed by atoms with E-state index in [2.05, 4.69) is 24.1 Å².